The highest BCUT2D eigenvalue weighted by molar-refractivity contribution is 6.12. The molecule has 1 amide bonds. The molecule has 9 nitrogen and oxygen atoms in total. The number of amides is 1. The number of alkyl halides is 1. The fourth-order valence-electron chi connectivity index (χ4n) is 2.56. The number of hydrogen-bond acceptors (Lipinski definition) is 7. The molecule has 0 bridgehead atoms. The van der Waals surface area contributed by atoms with Gasteiger partial charge in [0.05, 0.1) is 11.9 Å². The van der Waals surface area contributed by atoms with E-state index < -0.39 is 12.6 Å². The van der Waals surface area contributed by atoms with E-state index in [-0.39, 0.29) is 22.7 Å². The van der Waals surface area contributed by atoms with E-state index in [0.717, 1.165) is 0 Å². The molecule has 3 N–H and O–H groups in total. The maximum atomic E-state index is 12.9. The first-order valence-corrected chi connectivity index (χ1v) is 8.18. The van der Waals surface area contributed by atoms with Crippen LogP contribution in [0.25, 0.3) is 5.65 Å². The zero-order valence-corrected chi connectivity index (χ0v) is 14.4. The van der Waals surface area contributed by atoms with E-state index in [1.165, 1.54) is 29.2 Å². The summed E-state index contributed by atoms with van der Waals surface area (Å²) in [5.74, 6) is 0.327. The average Bonchev–Trinajstić information content (AvgIpc) is 3.05. The van der Waals surface area contributed by atoms with Crippen LogP contribution in [0.2, 0.25) is 0 Å². The van der Waals surface area contributed by atoms with Crippen molar-refractivity contribution in [1.82, 2.24) is 24.6 Å². The smallest absolute Gasteiger partial charge is 0.263 e. The van der Waals surface area contributed by atoms with E-state index in [2.05, 4.69) is 25.4 Å². The molecule has 0 radical (unpaired) electrons. The van der Waals surface area contributed by atoms with Crippen molar-refractivity contribution in [3.8, 4) is 11.5 Å². The summed E-state index contributed by atoms with van der Waals surface area (Å²) in [7, 11) is 0. The molecule has 28 heavy (non-hydrogen) atoms. The average molecular weight is 379 g/mol. The number of anilines is 2. The number of ether oxygens (including phenoxy) is 1. The topological polar surface area (TPSA) is 120 Å². The van der Waals surface area contributed by atoms with E-state index in [0.29, 0.717) is 17.2 Å². The molecule has 0 unspecified atom stereocenters. The highest BCUT2D eigenvalue weighted by Crippen LogP contribution is 2.29. The minimum absolute atomic E-state index is 0.0264. The lowest BCUT2D eigenvalue weighted by atomic mass is 10.2. The van der Waals surface area contributed by atoms with Gasteiger partial charge in [-0.3, -0.25) is 14.8 Å². The number of nitrogens with zero attached hydrogens (tertiary/aromatic N) is 5. The van der Waals surface area contributed by atoms with Gasteiger partial charge in [0, 0.05) is 30.9 Å². The fourth-order valence-corrected chi connectivity index (χ4v) is 2.56. The van der Waals surface area contributed by atoms with Gasteiger partial charge in [-0.05, 0) is 18.2 Å². The Bertz CT molecular complexity index is 1150. The number of rotatable bonds is 5. The minimum Gasteiger partial charge on any atom is -0.455 e. The van der Waals surface area contributed by atoms with Crippen molar-refractivity contribution < 1.29 is 13.9 Å². The Balaban J connectivity index is 1.66. The first kappa shape index (κ1) is 17.3. The van der Waals surface area contributed by atoms with E-state index in [1.807, 2.05) is 0 Å². The summed E-state index contributed by atoms with van der Waals surface area (Å²) in [5.41, 5.74) is 6.57. The van der Waals surface area contributed by atoms with E-state index >= 15 is 0 Å². The number of aromatic nitrogens is 5. The maximum Gasteiger partial charge on any atom is 0.263 e. The summed E-state index contributed by atoms with van der Waals surface area (Å²) in [6, 6.07) is 6.42. The Morgan fingerprint density at radius 1 is 1.18 bits per heavy atom. The van der Waals surface area contributed by atoms with Crippen LogP contribution < -0.4 is 15.8 Å². The van der Waals surface area contributed by atoms with E-state index in [9.17, 15) is 9.18 Å². The number of carbonyl (C=O) groups excluding carboxylic acids is 1. The van der Waals surface area contributed by atoms with Gasteiger partial charge < -0.3 is 15.8 Å². The second-order valence-corrected chi connectivity index (χ2v) is 5.69. The van der Waals surface area contributed by atoms with E-state index in [1.54, 1.807) is 30.6 Å². The van der Waals surface area contributed by atoms with Gasteiger partial charge in [0.2, 0.25) is 0 Å². The van der Waals surface area contributed by atoms with Crippen molar-refractivity contribution in [2.45, 2.75) is 6.67 Å². The highest BCUT2D eigenvalue weighted by atomic mass is 19.1. The largest absolute Gasteiger partial charge is 0.455 e. The number of nitrogen functional groups attached to an aromatic ring is 1. The van der Waals surface area contributed by atoms with Crippen molar-refractivity contribution in [2.24, 2.45) is 0 Å². The van der Waals surface area contributed by atoms with Crippen LogP contribution in [0.4, 0.5) is 15.9 Å². The number of fused-ring (bicyclic) bond motifs is 1. The molecule has 10 heteroatoms. The van der Waals surface area contributed by atoms with Crippen LogP contribution in [0, 0.1) is 0 Å². The lowest BCUT2D eigenvalue weighted by Gasteiger charge is -2.11. The monoisotopic (exact) mass is 379 g/mol. The number of hydrogen-bond donors (Lipinski definition) is 2. The van der Waals surface area contributed by atoms with Crippen molar-refractivity contribution in [2.75, 3.05) is 11.1 Å². The molecule has 0 atom stereocenters. The summed E-state index contributed by atoms with van der Waals surface area (Å²) >= 11 is 0. The number of nitrogens with two attached hydrogens (primary N) is 1. The van der Waals surface area contributed by atoms with Crippen LogP contribution in [-0.2, 0) is 6.67 Å². The zero-order valence-electron chi connectivity index (χ0n) is 14.4. The van der Waals surface area contributed by atoms with Crippen LogP contribution in [0.15, 0.2) is 55.2 Å². The molecule has 4 rings (SSSR count). The molecule has 0 spiro atoms. The summed E-state index contributed by atoms with van der Waals surface area (Å²) < 4.78 is 20.0. The summed E-state index contributed by atoms with van der Waals surface area (Å²) in [6.45, 7) is -0.769. The lowest BCUT2D eigenvalue weighted by molar-refractivity contribution is 0.102. The SMILES string of the molecule is Nc1nn2ccc(CF)nc2c1C(=O)Nc1cnccc1Oc1ccncc1. The molecular weight excluding hydrogens is 365 g/mol. The molecule has 4 aromatic heterocycles. The van der Waals surface area contributed by atoms with Crippen LogP contribution in [0.3, 0.4) is 0 Å². The van der Waals surface area contributed by atoms with Crippen LogP contribution in [0.1, 0.15) is 16.1 Å². The van der Waals surface area contributed by atoms with E-state index in [4.69, 9.17) is 10.5 Å². The predicted octanol–water partition coefficient (Wildman–Crippen LogP) is 2.62. The van der Waals surface area contributed by atoms with Crippen molar-refractivity contribution in [1.29, 1.82) is 0 Å². The Kier molecular flexibility index (Phi) is 4.50. The minimum atomic E-state index is -0.769. The van der Waals surface area contributed by atoms with Crippen LogP contribution in [-0.4, -0.2) is 30.5 Å². The first-order valence-electron chi connectivity index (χ1n) is 8.18. The molecule has 0 fully saturated rings. The molecule has 4 aromatic rings. The quantitative estimate of drug-likeness (QED) is 0.547. The number of pyridine rings is 2. The second kappa shape index (κ2) is 7.27. The third-order valence-corrected chi connectivity index (χ3v) is 3.84. The van der Waals surface area contributed by atoms with Crippen molar-refractivity contribution in [3.05, 3.63) is 66.5 Å². The number of nitrogens with one attached hydrogen (secondary N) is 1. The Morgan fingerprint density at radius 3 is 2.75 bits per heavy atom. The molecular formula is C18H14FN7O2. The van der Waals surface area contributed by atoms with Gasteiger partial charge in [-0.25, -0.2) is 13.9 Å². The van der Waals surface area contributed by atoms with Gasteiger partial charge in [0.15, 0.2) is 17.2 Å². The van der Waals surface area contributed by atoms with Crippen molar-refractivity contribution >= 4 is 23.1 Å². The molecule has 4 heterocycles. The van der Waals surface area contributed by atoms with Crippen LogP contribution in [0.5, 0.6) is 11.5 Å². The van der Waals surface area contributed by atoms with Gasteiger partial charge >= 0.3 is 0 Å². The van der Waals surface area contributed by atoms with Gasteiger partial charge in [0.25, 0.3) is 5.91 Å². The number of halogens is 1. The normalized spacial score (nSPS) is 10.8. The molecule has 0 saturated carbocycles. The standard InChI is InChI=1S/C18H14FN7O2/c19-9-11-4-8-26-17(23-11)15(16(20)25-26)18(27)24-13-10-22-7-3-14(13)28-12-1-5-21-6-2-12/h1-8,10H,9H2,(H2,20,25)(H,24,27). The van der Waals surface area contributed by atoms with Crippen LogP contribution >= 0.6 is 0 Å². The molecule has 0 aliphatic rings. The highest BCUT2D eigenvalue weighted by Gasteiger charge is 2.21. The third kappa shape index (κ3) is 3.30. The summed E-state index contributed by atoms with van der Waals surface area (Å²) in [6.07, 6.45) is 7.64. The first-order chi connectivity index (χ1) is 13.7. The summed E-state index contributed by atoms with van der Waals surface area (Å²) in [5, 5.41) is 6.73. The Labute approximate surface area is 158 Å². The molecule has 140 valence electrons. The third-order valence-electron chi connectivity index (χ3n) is 3.84. The molecule has 0 aliphatic carbocycles. The molecule has 0 aromatic carbocycles. The fraction of sp³-hybridized carbons (Fsp3) is 0.0556. The van der Waals surface area contributed by atoms with Crippen molar-refractivity contribution in [3.63, 3.8) is 0 Å². The Hall–Kier alpha value is -4.08. The maximum absolute atomic E-state index is 12.9. The van der Waals surface area contributed by atoms with Gasteiger partial charge in [0.1, 0.15) is 23.7 Å². The second-order valence-electron chi connectivity index (χ2n) is 5.69. The van der Waals surface area contributed by atoms with Gasteiger partial charge in [-0.15, -0.1) is 5.10 Å². The lowest BCUT2D eigenvalue weighted by Crippen LogP contribution is -2.14. The van der Waals surface area contributed by atoms with Gasteiger partial charge in [-0.1, -0.05) is 0 Å². The molecule has 0 saturated heterocycles. The van der Waals surface area contributed by atoms with Gasteiger partial charge in [-0.2, -0.15) is 0 Å². The zero-order chi connectivity index (χ0) is 19.5. The Morgan fingerprint density at radius 2 is 1.96 bits per heavy atom. The predicted molar refractivity (Wildman–Crippen MR) is 98.7 cm³/mol. The molecule has 0 aliphatic heterocycles. The number of carbonyl (C=O) groups is 1. The summed E-state index contributed by atoms with van der Waals surface area (Å²) in [4.78, 5) is 24.9.